The van der Waals surface area contributed by atoms with Crippen molar-refractivity contribution in [3.8, 4) is 0 Å². The number of carbonyl (C=O) groups is 1. The molecule has 0 radical (unpaired) electrons. The van der Waals surface area contributed by atoms with Gasteiger partial charge in [0.05, 0.1) is 12.7 Å². The number of hydrogen-bond acceptors (Lipinski definition) is 3. The summed E-state index contributed by atoms with van der Waals surface area (Å²) in [6, 6.07) is 1.18. The highest BCUT2D eigenvalue weighted by atomic mass is 19.3. The monoisotopic (exact) mass is 201 g/mol. The molecule has 0 fully saturated rings. The largest absolute Gasteiger partial charge is 0.465 e. The summed E-state index contributed by atoms with van der Waals surface area (Å²) >= 11 is 0. The Labute approximate surface area is 79.7 Å². The minimum absolute atomic E-state index is 0.205. The molecular weight excluding hydrogens is 192 g/mol. The number of alkyl halides is 2. The van der Waals surface area contributed by atoms with Gasteiger partial charge in [0.15, 0.2) is 0 Å². The van der Waals surface area contributed by atoms with Crippen LogP contribution in [0, 0.1) is 6.92 Å². The number of rotatable bonds is 2. The molecule has 3 nitrogen and oxygen atoms in total. The number of carbonyl (C=O) groups excluding carboxylic acids is 1. The third-order valence-electron chi connectivity index (χ3n) is 1.76. The van der Waals surface area contributed by atoms with Crippen LogP contribution in [0.3, 0.4) is 0 Å². The molecule has 1 rings (SSSR count). The maximum Gasteiger partial charge on any atom is 0.339 e. The zero-order chi connectivity index (χ0) is 10.7. The summed E-state index contributed by atoms with van der Waals surface area (Å²) in [6.45, 7) is 1.56. The molecule has 0 aliphatic rings. The van der Waals surface area contributed by atoms with Gasteiger partial charge in [-0.25, -0.2) is 13.6 Å². The minimum atomic E-state index is -2.62. The molecule has 76 valence electrons. The Bertz CT molecular complexity index is 353. The van der Waals surface area contributed by atoms with Gasteiger partial charge in [0.1, 0.15) is 5.69 Å². The first-order valence-corrected chi connectivity index (χ1v) is 3.89. The Balaban J connectivity index is 3.07. The van der Waals surface area contributed by atoms with Crippen LogP contribution in [0.5, 0.6) is 0 Å². The fraction of sp³-hybridized carbons (Fsp3) is 0.333. The van der Waals surface area contributed by atoms with Crippen LogP contribution in [-0.2, 0) is 4.74 Å². The lowest BCUT2D eigenvalue weighted by Crippen LogP contribution is -2.05. The maximum absolute atomic E-state index is 12.2. The number of ether oxygens (including phenoxy) is 1. The van der Waals surface area contributed by atoms with E-state index in [0.717, 1.165) is 6.20 Å². The molecule has 0 N–H and O–H groups in total. The molecular formula is C9H9F2NO2. The maximum atomic E-state index is 12.2. The van der Waals surface area contributed by atoms with Crippen molar-refractivity contribution in [2.45, 2.75) is 13.3 Å². The van der Waals surface area contributed by atoms with Crippen LogP contribution in [0.15, 0.2) is 12.3 Å². The fourth-order valence-corrected chi connectivity index (χ4v) is 1.02. The molecule has 0 unspecified atom stereocenters. The van der Waals surface area contributed by atoms with Gasteiger partial charge in [0.2, 0.25) is 0 Å². The Morgan fingerprint density at radius 3 is 2.64 bits per heavy atom. The third kappa shape index (κ3) is 2.04. The number of esters is 1. The van der Waals surface area contributed by atoms with E-state index < -0.39 is 12.4 Å². The van der Waals surface area contributed by atoms with Crippen molar-refractivity contribution < 1.29 is 18.3 Å². The summed E-state index contributed by atoms with van der Waals surface area (Å²) in [6.07, 6.45) is -1.52. The Morgan fingerprint density at radius 1 is 1.57 bits per heavy atom. The van der Waals surface area contributed by atoms with E-state index in [4.69, 9.17) is 0 Å². The second-order valence-electron chi connectivity index (χ2n) is 2.72. The van der Waals surface area contributed by atoms with Crippen molar-refractivity contribution in [2.24, 2.45) is 0 Å². The Hall–Kier alpha value is -1.52. The lowest BCUT2D eigenvalue weighted by Gasteiger charge is -2.05. The van der Waals surface area contributed by atoms with E-state index in [1.165, 1.54) is 13.2 Å². The molecule has 0 aliphatic carbocycles. The van der Waals surface area contributed by atoms with Crippen molar-refractivity contribution in [1.29, 1.82) is 0 Å². The summed E-state index contributed by atoms with van der Waals surface area (Å²) in [4.78, 5) is 14.5. The van der Waals surface area contributed by atoms with Gasteiger partial charge in [0.25, 0.3) is 6.43 Å². The predicted molar refractivity (Wildman–Crippen MR) is 45.3 cm³/mol. The van der Waals surface area contributed by atoms with E-state index in [1.807, 2.05) is 0 Å². The molecule has 0 saturated heterocycles. The molecule has 14 heavy (non-hydrogen) atoms. The van der Waals surface area contributed by atoms with E-state index in [9.17, 15) is 13.6 Å². The molecule has 1 aromatic rings. The number of pyridine rings is 1. The van der Waals surface area contributed by atoms with Crippen molar-refractivity contribution >= 4 is 5.97 Å². The average Bonchev–Trinajstić information content (AvgIpc) is 2.16. The number of hydrogen-bond donors (Lipinski definition) is 0. The van der Waals surface area contributed by atoms with Crippen LogP contribution in [0.1, 0.15) is 28.0 Å². The second kappa shape index (κ2) is 4.13. The van der Waals surface area contributed by atoms with Crippen LogP contribution in [0.25, 0.3) is 0 Å². The fourth-order valence-electron chi connectivity index (χ4n) is 1.02. The third-order valence-corrected chi connectivity index (χ3v) is 1.76. The number of aromatic nitrogens is 1. The highest BCUT2D eigenvalue weighted by molar-refractivity contribution is 5.90. The van der Waals surface area contributed by atoms with Gasteiger partial charge >= 0.3 is 5.97 Å². The van der Waals surface area contributed by atoms with E-state index in [1.54, 1.807) is 6.92 Å². The standard InChI is InChI=1S/C9H9F2NO2/c1-5-3-7(8(10)11)12-4-6(5)9(13)14-2/h3-4,8H,1-2H3. The van der Waals surface area contributed by atoms with Crippen LogP contribution in [0.4, 0.5) is 8.78 Å². The average molecular weight is 201 g/mol. The molecule has 0 aliphatic heterocycles. The first kappa shape index (κ1) is 10.6. The lowest BCUT2D eigenvalue weighted by atomic mass is 10.1. The summed E-state index contributed by atoms with van der Waals surface area (Å²) in [7, 11) is 1.22. The molecule has 1 heterocycles. The van der Waals surface area contributed by atoms with Crippen LogP contribution < -0.4 is 0 Å². The molecule has 0 saturated carbocycles. The first-order valence-electron chi connectivity index (χ1n) is 3.89. The molecule has 0 bridgehead atoms. The van der Waals surface area contributed by atoms with Crippen LogP contribution >= 0.6 is 0 Å². The van der Waals surface area contributed by atoms with Gasteiger partial charge in [-0.05, 0) is 18.6 Å². The van der Waals surface area contributed by atoms with E-state index in [-0.39, 0.29) is 11.3 Å². The minimum Gasteiger partial charge on any atom is -0.465 e. The number of nitrogens with zero attached hydrogens (tertiary/aromatic N) is 1. The van der Waals surface area contributed by atoms with Crippen molar-refractivity contribution in [2.75, 3.05) is 7.11 Å². The van der Waals surface area contributed by atoms with E-state index in [2.05, 4.69) is 9.72 Å². The van der Waals surface area contributed by atoms with Gasteiger partial charge in [-0.3, -0.25) is 4.98 Å². The number of aryl methyl sites for hydroxylation is 1. The molecule has 1 aromatic heterocycles. The SMILES string of the molecule is COC(=O)c1cnc(C(F)F)cc1C. The van der Waals surface area contributed by atoms with Crippen molar-refractivity contribution in [1.82, 2.24) is 4.98 Å². The second-order valence-corrected chi connectivity index (χ2v) is 2.72. The van der Waals surface area contributed by atoms with Gasteiger partial charge in [-0.15, -0.1) is 0 Å². The predicted octanol–water partition coefficient (Wildman–Crippen LogP) is 2.11. The summed E-state index contributed by atoms with van der Waals surface area (Å²) in [5.74, 6) is -0.573. The highest BCUT2D eigenvalue weighted by Crippen LogP contribution is 2.18. The normalized spacial score (nSPS) is 10.4. The van der Waals surface area contributed by atoms with Gasteiger partial charge < -0.3 is 4.74 Å². The summed E-state index contributed by atoms with van der Waals surface area (Å²) in [5, 5.41) is 0. The Kier molecular flexibility index (Phi) is 3.11. The van der Waals surface area contributed by atoms with Crippen LogP contribution in [-0.4, -0.2) is 18.1 Å². The topological polar surface area (TPSA) is 39.2 Å². The highest BCUT2D eigenvalue weighted by Gasteiger charge is 2.14. The number of methoxy groups -OCH3 is 1. The Morgan fingerprint density at radius 2 is 2.21 bits per heavy atom. The van der Waals surface area contributed by atoms with Gasteiger partial charge in [0, 0.05) is 6.20 Å². The quantitative estimate of drug-likeness (QED) is 0.688. The molecule has 0 aromatic carbocycles. The van der Waals surface area contributed by atoms with E-state index >= 15 is 0 Å². The molecule has 5 heteroatoms. The molecule has 0 spiro atoms. The molecule has 0 atom stereocenters. The first-order chi connectivity index (χ1) is 6.56. The van der Waals surface area contributed by atoms with Crippen LogP contribution in [0.2, 0.25) is 0 Å². The summed E-state index contributed by atoms with van der Waals surface area (Å²) < 4.78 is 28.8. The zero-order valence-electron chi connectivity index (χ0n) is 7.75. The van der Waals surface area contributed by atoms with E-state index in [0.29, 0.717) is 5.56 Å². The lowest BCUT2D eigenvalue weighted by molar-refractivity contribution is 0.0598. The number of halogens is 2. The zero-order valence-corrected chi connectivity index (χ0v) is 7.75. The molecule has 0 amide bonds. The van der Waals surface area contributed by atoms with Gasteiger partial charge in [-0.1, -0.05) is 0 Å². The van der Waals surface area contributed by atoms with Gasteiger partial charge in [-0.2, -0.15) is 0 Å². The summed E-state index contributed by atoms with van der Waals surface area (Å²) in [5.41, 5.74) is 0.300. The van der Waals surface area contributed by atoms with Crippen molar-refractivity contribution in [3.63, 3.8) is 0 Å². The van der Waals surface area contributed by atoms with Crippen molar-refractivity contribution in [3.05, 3.63) is 29.1 Å². The smallest absolute Gasteiger partial charge is 0.339 e.